The molecule has 8 heteroatoms. The quantitative estimate of drug-likeness (QED) is 0.374. The summed E-state index contributed by atoms with van der Waals surface area (Å²) in [4.78, 5) is 12.8. The summed E-state index contributed by atoms with van der Waals surface area (Å²) in [6.07, 6.45) is 7.27. The van der Waals surface area contributed by atoms with E-state index in [0.29, 0.717) is 6.54 Å². The highest BCUT2D eigenvalue weighted by Crippen LogP contribution is 2.50. The first-order valence-corrected chi connectivity index (χ1v) is 13.7. The van der Waals surface area contributed by atoms with Gasteiger partial charge in [0.1, 0.15) is 11.1 Å². The fraction of sp³-hybridized carbons (Fsp3) is 0.360. The highest BCUT2D eigenvalue weighted by atomic mass is 32.2. The molecular weight excluding hydrogens is 454 g/mol. The van der Waals surface area contributed by atoms with Gasteiger partial charge in [0.2, 0.25) is 0 Å². The van der Waals surface area contributed by atoms with Gasteiger partial charge in [0.05, 0.1) is 11.4 Å². The zero-order chi connectivity index (χ0) is 23.4. The number of benzene rings is 2. The first kappa shape index (κ1) is 23.7. The van der Waals surface area contributed by atoms with Gasteiger partial charge in [-0.15, -0.1) is 0 Å². The van der Waals surface area contributed by atoms with E-state index in [1.165, 1.54) is 28.4 Å². The van der Waals surface area contributed by atoms with Gasteiger partial charge in [0.15, 0.2) is 0 Å². The van der Waals surface area contributed by atoms with Gasteiger partial charge in [-0.2, -0.15) is 8.42 Å². The van der Waals surface area contributed by atoms with Crippen LogP contribution in [0.3, 0.4) is 0 Å². The van der Waals surface area contributed by atoms with Gasteiger partial charge in [-0.25, -0.2) is 9.97 Å². The number of rotatable bonds is 9. The molecule has 2 aromatic carbocycles. The molecule has 1 aromatic heterocycles. The second kappa shape index (κ2) is 10.2. The molecule has 6 nitrogen and oxygen atoms in total. The largest absolute Gasteiger partial charge is 0.340 e. The van der Waals surface area contributed by atoms with E-state index in [2.05, 4.69) is 53.0 Å². The molecule has 1 atom stereocenters. The molecule has 0 amide bonds. The summed E-state index contributed by atoms with van der Waals surface area (Å²) in [5.41, 5.74) is 4.79. The van der Waals surface area contributed by atoms with Crippen LogP contribution in [-0.4, -0.2) is 29.5 Å². The third-order valence-corrected chi connectivity index (χ3v) is 8.18. The predicted molar refractivity (Wildman–Crippen MR) is 133 cm³/mol. The third kappa shape index (κ3) is 5.23. The van der Waals surface area contributed by atoms with Crippen LogP contribution in [-0.2, 0) is 23.0 Å². The Morgan fingerprint density at radius 2 is 1.73 bits per heavy atom. The van der Waals surface area contributed by atoms with E-state index in [1.54, 1.807) is 17.8 Å². The van der Waals surface area contributed by atoms with Crippen LogP contribution >= 0.6 is 11.8 Å². The smallest absolute Gasteiger partial charge is 0.275 e. The topological polar surface area (TPSA) is 83.4 Å². The van der Waals surface area contributed by atoms with Crippen molar-refractivity contribution in [2.75, 3.05) is 11.4 Å². The van der Waals surface area contributed by atoms with Gasteiger partial charge in [-0.3, -0.25) is 4.55 Å². The number of aryl methyl sites for hydroxylation is 2. The Kier molecular flexibility index (Phi) is 7.36. The second-order valence-corrected chi connectivity index (χ2v) is 10.9. The predicted octanol–water partition coefficient (Wildman–Crippen LogP) is 6.00. The van der Waals surface area contributed by atoms with Gasteiger partial charge < -0.3 is 4.90 Å². The summed E-state index contributed by atoms with van der Waals surface area (Å²) in [5, 5.41) is -1.18. The number of anilines is 2. The number of fused-ring (bicyclic) bond motifs is 2. The monoisotopic (exact) mass is 483 g/mol. The highest BCUT2D eigenvalue weighted by Gasteiger charge is 2.31. The Labute approximate surface area is 200 Å². The zero-order valence-corrected chi connectivity index (χ0v) is 20.6. The van der Waals surface area contributed by atoms with Gasteiger partial charge in [-0.1, -0.05) is 56.7 Å². The molecule has 3 aromatic rings. The molecule has 1 aliphatic rings. The van der Waals surface area contributed by atoms with E-state index >= 15 is 0 Å². The number of para-hydroxylation sites is 1. The summed E-state index contributed by atoms with van der Waals surface area (Å²) in [5.74, 6) is 0.117. The summed E-state index contributed by atoms with van der Waals surface area (Å²) in [6.45, 7) is 4.78. The molecule has 0 bridgehead atoms. The average molecular weight is 484 g/mol. The van der Waals surface area contributed by atoms with Crippen LogP contribution in [0.2, 0.25) is 0 Å². The molecule has 174 valence electrons. The summed E-state index contributed by atoms with van der Waals surface area (Å²) in [7, 11) is -4.36. The maximum absolute atomic E-state index is 12.2. The molecule has 33 heavy (non-hydrogen) atoms. The Balaban J connectivity index is 1.76. The zero-order valence-electron chi connectivity index (χ0n) is 18.9. The Morgan fingerprint density at radius 3 is 2.42 bits per heavy atom. The summed E-state index contributed by atoms with van der Waals surface area (Å²) < 4.78 is 34.4. The highest BCUT2D eigenvalue weighted by molar-refractivity contribution is 7.99. The molecule has 0 radical (unpaired) electrons. The Hall–Kier alpha value is -2.42. The van der Waals surface area contributed by atoms with Crippen LogP contribution < -0.4 is 4.90 Å². The molecule has 1 aliphatic heterocycles. The minimum Gasteiger partial charge on any atom is -0.340 e. The molecule has 2 heterocycles. The minimum atomic E-state index is -4.36. The first-order valence-electron chi connectivity index (χ1n) is 11.4. The van der Waals surface area contributed by atoms with Crippen LogP contribution in [0.4, 0.5) is 11.4 Å². The van der Waals surface area contributed by atoms with E-state index in [4.69, 9.17) is 0 Å². The van der Waals surface area contributed by atoms with Crippen LogP contribution in [0.1, 0.15) is 55.3 Å². The first-order chi connectivity index (χ1) is 15.9. The third-order valence-electron chi connectivity index (χ3n) is 5.77. The molecule has 1 N–H and O–H groups in total. The van der Waals surface area contributed by atoms with Gasteiger partial charge in [-0.05, 0) is 54.7 Å². The minimum absolute atomic E-state index is 0.117. The van der Waals surface area contributed by atoms with E-state index < -0.39 is 15.4 Å². The maximum Gasteiger partial charge on any atom is 0.275 e. The van der Waals surface area contributed by atoms with E-state index in [0.717, 1.165) is 42.0 Å². The average Bonchev–Trinajstić information content (AvgIpc) is 2.79. The van der Waals surface area contributed by atoms with Crippen LogP contribution in [0.25, 0.3) is 0 Å². The van der Waals surface area contributed by atoms with E-state index in [-0.39, 0.29) is 12.2 Å². The SMILES string of the molecule is CCCc1cc(CCC)c2c(c1)N(CCC(c1ncccn1)S(=O)(=O)O)c1ccccc1S2. The van der Waals surface area contributed by atoms with Crippen LogP contribution in [0, 0.1) is 0 Å². The lowest BCUT2D eigenvalue weighted by molar-refractivity contribution is 0.461. The maximum atomic E-state index is 12.2. The molecule has 0 aliphatic carbocycles. The lowest BCUT2D eigenvalue weighted by Gasteiger charge is -2.35. The van der Waals surface area contributed by atoms with E-state index in [9.17, 15) is 13.0 Å². The molecule has 4 rings (SSSR count). The van der Waals surface area contributed by atoms with Crippen LogP contribution in [0.15, 0.2) is 64.6 Å². The molecule has 0 saturated carbocycles. The Morgan fingerprint density at radius 1 is 1.00 bits per heavy atom. The fourth-order valence-corrected chi connectivity index (χ4v) is 6.33. The van der Waals surface area contributed by atoms with E-state index in [1.807, 2.05) is 12.1 Å². The number of aromatic nitrogens is 2. The van der Waals surface area contributed by atoms with Gasteiger partial charge >= 0.3 is 0 Å². The van der Waals surface area contributed by atoms with Crippen molar-refractivity contribution in [3.8, 4) is 0 Å². The summed E-state index contributed by atoms with van der Waals surface area (Å²) in [6, 6.07) is 14.4. The molecule has 0 saturated heterocycles. The normalized spacial score (nSPS) is 14.0. The van der Waals surface area contributed by atoms with Gasteiger partial charge in [0, 0.05) is 28.7 Å². The van der Waals surface area contributed by atoms with Crippen molar-refractivity contribution in [1.29, 1.82) is 0 Å². The second-order valence-electron chi connectivity index (χ2n) is 8.22. The molecule has 1 unspecified atom stereocenters. The van der Waals surface area contributed by atoms with Crippen molar-refractivity contribution in [3.05, 3.63) is 71.8 Å². The van der Waals surface area contributed by atoms with Gasteiger partial charge in [0.25, 0.3) is 10.1 Å². The van der Waals surface area contributed by atoms with Crippen molar-refractivity contribution in [3.63, 3.8) is 0 Å². The van der Waals surface area contributed by atoms with Crippen LogP contribution in [0.5, 0.6) is 0 Å². The fourth-order valence-electron chi connectivity index (χ4n) is 4.32. The van der Waals surface area contributed by atoms with Crippen molar-refractivity contribution >= 4 is 33.3 Å². The van der Waals surface area contributed by atoms with Crippen molar-refractivity contribution in [2.45, 2.75) is 61.0 Å². The van der Waals surface area contributed by atoms with Crippen molar-refractivity contribution in [2.24, 2.45) is 0 Å². The number of hydrogen-bond acceptors (Lipinski definition) is 6. The van der Waals surface area contributed by atoms with Crippen molar-refractivity contribution < 1.29 is 13.0 Å². The lowest BCUT2D eigenvalue weighted by atomic mass is 10.0. The molecular formula is C25H29N3O3S2. The lowest BCUT2D eigenvalue weighted by Crippen LogP contribution is -2.26. The molecule has 0 fully saturated rings. The summed E-state index contributed by atoms with van der Waals surface area (Å²) >= 11 is 1.78. The molecule has 0 spiro atoms. The van der Waals surface area contributed by atoms with Crippen molar-refractivity contribution in [1.82, 2.24) is 9.97 Å². The Bertz CT molecular complexity index is 1220. The number of nitrogens with zero attached hydrogens (tertiary/aromatic N) is 3. The number of hydrogen-bond donors (Lipinski definition) is 1. The standard InChI is InChI=1S/C25H29N3O3S2/c1-3-8-18-16-19(9-4-2)24-21(17-18)28(20-10-5-6-11-22(20)32-24)15-12-23(33(29,30)31)25-26-13-7-14-27-25/h5-7,10-11,13-14,16-17,23H,3-4,8-9,12,15H2,1-2H3,(H,29,30,31).